The third kappa shape index (κ3) is 4.43. The molecule has 0 aliphatic heterocycles. The lowest BCUT2D eigenvalue weighted by Gasteiger charge is -2.26. The first-order chi connectivity index (χ1) is 6.89. The molecule has 0 radical (unpaired) electrons. The van der Waals surface area contributed by atoms with Gasteiger partial charge in [0.1, 0.15) is 5.82 Å². The predicted molar refractivity (Wildman–Crippen MR) is 60.2 cm³/mol. The molecule has 1 aromatic carbocycles. The molecule has 1 atom stereocenters. The molecule has 2 heteroatoms. The lowest BCUT2D eigenvalue weighted by atomic mass is 9.81. The molecule has 0 saturated heterocycles. The molecule has 15 heavy (non-hydrogen) atoms. The summed E-state index contributed by atoms with van der Waals surface area (Å²) >= 11 is 0. The molecule has 1 aromatic rings. The van der Waals surface area contributed by atoms with E-state index >= 15 is 0 Å². The molecule has 1 N–H and O–H groups in total. The van der Waals surface area contributed by atoms with Gasteiger partial charge < -0.3 is 5.11 Å². The van der Waals surface area contributed by atoms with E-state index in [0.717, 1.165) is 18.4 Å². The van der Waals surface area contributed by atoms with Crippen molar-refractivity contribution in [2.75, 3.05) is 0 Å². The van der Waals surface area contributed by atoms with Gasteiger partial charge in [-0.3, -0.25) is 0 Å². The summed E-state index contributed by atoms with van der Waals surface area (Å²) in [4.78, 5) is 0. The van der Waals surface area contributed by atoms with Gasteiger partial charge >= 0.3 is 0 Å². The quantitative estimate of drug-likeness (QED) is 0.809. The van der Waals surface area contributed by atoms with Gasteiger partial charge in [-0.1, -0.05) is 26.0 Å². The van der Waals surface area contributed by atoms with Crippen molar-refractivity contribution in [3.05, 3.63) is 35.6 Å². The highest BCUT2D eigenvalue weighted by Crippen LogP contribution is 2.27. The van der Waals surface area contributed by atoms with Gasteiger partial charge in [-0.25, -0.2) is 4.39 Å². The van der Waals surface area contributed by atoms with E-state index < -0.39 is 0 Å². The average Bonchev–Trinajstić information content (AvgIpc) is 1.99. The van der Waals surface area contributed by atoms with E-state index in [4.69, 9.17) is 0 Å². The first-order valence-corrected chi connectivity index (χ1v) is 5.31. The fourth-order valence-corrected chi connectivity index (χ4v) is 2.07. The van der Waals surface area contributed by atoms with Crippen LogP contribution in [-0.2, 0) is 6.42 Å². The van der Waals surface area contributed by atoms with Crippen LogP contribution in [0.4, 0.5) is 4.39 Å². The summed E-state index contributed by atoms with van der Waals surface area (Å²) in [6, 6.07) is 6.66. The van der Waals surface area contributed by atoms with Crippen LogP contribution in [-0.4, -0.2) is 11.2 Å². The summed E-state index contributed by atoms with van der Waals surface area (Å²) in [7, 11) is 0. The number of aliphatic hydroxyl groups is 1. The zero-order valence-electron chi connectivity index (χ0n) is 9.63. The van der Waals surface area contributed by atoms with Gasteiger partial charge in [-0.15, -0.1) is 0 Å². The molecule has 1 unspecified atom stereocenters. The second kappa shape index (κ2) is 4.75. The molecule has 0 aliphatic rings. The van der Waals surface area contributed by atoms with Crippen molar-refractivity contribution in [2.45, 2.75) is 39.7 Å². The maximum absolute atomic E-state index is 13.0. The molecule has 0 spiro atoms. The topological polar surface area (TPSA) is 20.2 Å². The second-order valence-electron chi connectivity index (χ2n) is 5.02. The zero-order chi connectivity index (χ0) is 11.5. The Morgan fingerprint density at radius 3 is 2.60 bits per heavy atom. The van der Waals surface area contributed by atoms with E-state index in [-0.39, 0.29) is 17.3 Å². The fraction of sp³-hybridized carbons (Fsp3) is 0.538. The van der Waals surface area contributed by atoms with Crippen molar-refractivity contribution in [1.82, 2.24) is 0 Å². The second-order valence-corrected chi connectivity index (χ2v) is 5.02. The molecule has 0 fully saturated rings. The van der Waals surface area contributed by atoms with Crippen LogP contribution in [0.25, 0.3) is 0 Å². The van der Waals surface area contributed by atoms with E-state index in [9.17, 15) is 9.50 Å². The van der Waals surface area contributed by atoms with Crippen molar-refractivity contribution < 1.29 is 9.50 Å². The van der Waals surface area contributed by atoms with E-state index in [1.165, 1.54) is 6.07 Å². The van der Waals surface area contributed by atoms with Crippen LogP contribution in [0.2, 0.25) is 0 Å². The van der Waals surface area contributed by atoms with Crippen molar-refractivity contribution in [1.29, 1.82) is 0 Å². The number of aliphatic hydroxyl groups excluding tert-OH is 1. The fourth-order valence-electron chi connectivity index (χ4n) is 2.07. The number of hydrogen-bond acceptors (Lipinski definition) is 1. The van der Waals surface area contributed by atoms with Gasteiger partial charge in [-0.2, -0.15) is 0 Å². The Hall–Kier alpha value is -0.890. The zero-order valence-corrected chi connectivity index (χ0v) is 9.63. The van der Waals surface area contributed by atoms with E-state index in [0.29, 0.717) is 0 Å². The maximum Gasteiger partial charge on any atom is 0.123 e. The van der Waals surface area contributed by atoms with Gasteiger partial charge in [0.15, 0.2) is 0 Å². The van der Waals surface area contributed by atoms with Crippen LogP contribution in [0.3, 0.4) is 0 Å². The minimum Gasteiger partial charge on any atom is -0.393 e. The van der Waals surface area contributed by atoms with E-state index in [1.54, 1.807) is 19.1 Å². The maximum atomic E-state index is 13.0. The Bertz CT molecular complexity index is 318. The number of rotatable bonds is 4. The highest BCUT2D eigenvalue weighted by atomic mass is 19.1. The van der Waals surface area contributed by atoms with Crippen molar-refractivity contribution >= 4 is 0 Å². The number of halogens is 1. The highest BCUT2D eigenvalue weighted by Gasteiger charge is 2.20. The van der Waals surface area contributed by atoms with Gasteiger partial charge in [0.2, 0.25) is 0 Å². The van der Waals surface area contributed by atoms with Gasteiger partial charge in [0.05, 0.1) is 6.10 Å². The Morgan fingerprint density at radius 1 is 1.40 bits per heavy atom. The monoisotopic (exact) mass is 210 g/mol. The Morgan fingerprint density at radius 2 is 2.07 bits per heavy atom. The largest absolute Gasteiger partial charge is 0.393 e. The molecule has 84 valence electrons. The van der Waals surface area contributed by atoms with E-state index in [2.05, 4.69) is 13.8 Å². The summed E-state index contributed by atoms with van der Waals surface area (Å²) in [5.41, 5.74) is 0.989. The van der Waals surface area contributed by atoms with Crippen LogP contribution in [0, 0.1) is 11.2 Å². The summed E-state index contributed by atoms with van der Waals surface area (Å²) in [5, 5.41) is 9.35. The van der Waals surface area contributed by atoms with Crippen molar-refractivity contribution in [3.63, 3.8) is 0 Å². The highest BCUT2D eigenvalue weighted by molar-refractivity contribution is 5.17. The Kier molecular flexibility index (Phi) is 3.86. The first kappa shape index (κ1) is 12.2. The molecule has 0 amide bonds. The van der Waals surface area contributed by atoms with Crippen LogP contribution in [0.5, 0.6) is 0 Å². The molecule has 0 aliphatic carbocycles. The minimum absolute atomic E-state index is 0.00194. The number of benzene rings is 1. The predicted octanol–water partition coefficient (Wildman–Crippen LogP) is 3.17. The van der Waals surface area contributed by atoms with Gasteiger partial charge in [0, 0.05) is 0 Å². The smallest absolute Gasteiger partial charge is 0.123 e. The van der Waals surface area contributed by atoms with Gasteiger partial charge in [0.25, 0.3) is 0 Å². The third-order valence-electron chi connectivity index (χ3n) is 2.42. The normalized spacial score (nSPS) is 13.9. The molecule has 1 nitrogen and oxygen atoms in total. The summed E-state index contributed by atoms with van der Waals surface area (Å²) in [6.07, 6.45) is 1.20. The average molecular weight is 210 g/mol. The lowest BCUT2D eigenvalue weighted by molar-refractivity contribution is 0.129. The number of hydrogen-bond donors (Lipinski definition) is 1. The van der Waals surface area contributed by atoms with E-state index in [1.807, 2.05) is 6.07 Å². The van der Waals surface area contributed by atoms with Crippen molar-refractivity contribution in [3.8, 4) is 0 Å². The molecular weight excluding hydrogens is 191 g/mol. The Labute approximate surface area is 90.9 Å². The first-order valence-electron chi connectivity index (χ1n) is 5.31. The molecular formula is C13H19FO. The van der Waals surface area contributed by atoms with Crippen molar-refractivity contribution in [2.24, 2.45) is 5.41 Å². The molecule has 1 rings (SSSR count). The van der Waals surface area contributed by atoms with Crippen LogP contribution < -0.4 is 0 Å². The molecule has 0 saturated carbocycles. The lowest BCUT2D eigenvalue weighted by Crippen LogP contribution is -2.21. The minimum atomic E-state index is -0.312. The Balaban J connectivity index is 2.68. The molecule has 0 aromatic heterocycles. The SMILES string of the molecule is CC(O)CC(C)(C)Cc1cccc(F)c1. The molecule has 0 heterocycles. The summed E-state index contributed by atoms with van der Waals surface area (Å²) < 4.78 is 13.0. The summed E-state index contributed by atoms with van der Waals surface area (Å²) in [5.74, 6) is -0.194. The summed E-state index contributed by atoms with van der Waals surface area (Å²) in [6.45, 7) is 5.96. The molecule has 0 bridgehead atoms. The van der Waals surface area contributed by atoms with Crippen LogP contribution in [0.1, 0.15) is 32.8 Å². The van der Waals surface area contributed by atoms with Crippen LogP contribution >= 0.6 is 0 Å². The van der Waals surface area contributed by atoms with Gasteiger partial charge in [-0.05, 0) is 42.9 Å². The standard InChI is InChI=1S/C13H19FO/c1-10(15)8-13(2,3)9-11-5-4-6-12(14)7-11/h4-7,10,15H,8-9H2,1-3H3. The third-order valence-corrected chi connectivity index (χ3v) is 2.42. The van der Waals surface area contributed by atoms with Crippen LogP contribution in [0.15, 0.2) is 24.3 Å².